The maximum absolute atomic E-state index is 11.3. The van der Waals surface area contributed by atoms with E-state index in [1.165, 1.54) is 13.8 Å². The van der Waals surface area contributed by atoms with E-state index in [0.717, 1.165) is 11.1 Å². The van der Waals surface area contributed by atoms with Gasteiger partial charge in [-0.25, -0.2) is 0 Å². The van der Waals surface area contributed by atoms with Gasteiger partial charge in [-0.3, -0.25) is 9.59 Å². The smallest absolute Gasteiger partial charge is 0.303 e. The van der Waals surface area contributed by atoms with Crippen molar-refractivity contribution in [3.8, 4) is 0 Å². The second kappa shape index (κ2) is 9.55. The molecular weight excluding hydrogens is 280 g/mol. The van der Waals surface area contributed by atoms with Crippen LogP contribution < -0.4 is 0 Å². The predicted octanol–water partition coefficient (Wildman–Crippen LogP) is 3.75. The molecule has 118 valence electrons. The zero-order valence-corrected chi connectivity index (χ0v) is 13.2. The minimum Gasteiger partial charge on any atom is -0.466 e. The van der Waals surface area contributed by atoms with Gasteiger partial charge in [0.05, 0.1) is 6.61 Å². The zero-order valence-electron chi connectivity index (χ0n) is 13.2. The van der Waals surface area contributed by atoms with Gasteiger partial charge in [-0.1, -0.05) is 48.6 Å². The fourth-order valence-corrected chi connectivity index (χ4v) is 1.89. The molecule has 0 aliphatic heterocycles. The van der Waals surface area contributed by atoms with Crippen LogP contribution >= 0.6 is 0 Å². The van der Waals surface area contributed by atoms with E-state index in [1.54, 1.807) is 0 Å². The van der Waals surface area contributed by atoms with Gasteiger partial charge in [0.2, 0.25) is 0 Å². The molecule has 4 nitrogen and oxygen atoms in total. The molecule has 0 aliphatic rings. The number of esters is 2. The number of rotatable bonds is 7. The van der Waals surface area contributed by atoms with Crippen molar-refractivity contribution >= 4 is 11.9 Å². The number of benzene rings is 1. The van der Waals surface area contributed by atoms with Crippen molar-refractivity contribution < 1.29 is 19.1 Å². The maximum atomic E-state index is 11.3. The third-order valence-corrected chi connectivity index (χ3v) is 2.88. The summed E-state index contributed by atoms with van der Waals surface area (Å²) in [5.74, 6) is -0.598. The summed E-state index contributed by atoms with van der Waals surface area (Å²) in [6.45, 7) is 5.07. The van der Waals surface area contributed by atoms with E-state index in [-0.39, 0.29) is 11.9 Å². The summed E-state index contributed by atoms with van der Waals surface area (Å²) >= 11 is 0. The Balaban J connectivity index is 2.69. The van der Waals surface area contributed by atoms with Crippen LogP contribution in [0.15, 0.2) is 54.1 Å². The van der Waals surface area contributed by atoms with Crippen LogP contribution in [-0.4, -0.2) is 18.5 Å². The van der Waals surface area contributed by atoms with Gasteiger partial charge in [0.25, 0.3) is 0 Å². The van der Waals surface area contributed by atoms with Gasteiger partial charge in [0.1, 0.15) is 6.10 Å². The number of carbonyl (C=O) groups excluding carboxylic acids is 2. The highest BCUT2D eigenvalue weighted by Crippen LogP contribution is 2.25. The topological polar surface area (TPSA) is 52.6 Å². The number of ether oxygens (including phenoxy) is 2. The Bertz CT molecular complexity index is 543. The van der Waals surface area contributed by atoms with E-state index in [2.05, 4.69) is 0 Å². The van der Waals surface area contributed by atoms with Crippen molar-refractivity contribution in [3.63, 3.8) is 0 Å². The standard InChI is InChI=1S/C18H22O4/c1-14(10-6-5-9-13-21-15(2)19)18(22-16(3)20)17-11-7-4-8-12-17/h4-8,10-12,18H,9,13H2,1-3H3/b6-5+,14-10+. The molecule has 0 saturated carbocycles. The normalized spacial score (nSPS) is 13.0. The molecule has 0 N–H and O–H groups in total. The average Bonchev–Trinajstić information content (AvgIpc) is 2.48. The average molecular weight is 302 g/mol. The number of hydrogen-bond donors (Lipinski definition) is 0. The van der Waals surface area contributed by atoms with Crippen molar-refractivity contribution in [2.45, 2.75) is 33.3 Å². The van der Waals surface area contributed by atoms with Crippen molar-refractivity contribution in [2.75, 3.05) is 6.61 Å². The minimum atomic E-state index is -0.392. The highest BCUT2D eigenvalue weighted by atomic mass is 16.5. The summed E-state index contributed by atoms with van der Waals surface area (Å²) in [6.07, 6.45) is 5.93. The second-order valence-corrected chi connectivity index (χ2v) is 4.87. The quantitative estimate of drug-likeness (QED) is 0.437. The Labute approximate surface area is 131 Å². The lowest BCUT2D eigenvalue weighted by Crippen LogP contribution is -2.09. The largest absolute Gasteiger partial charge is 0.466 e. The van der Waals surface area contributed by atoms with Crippen molar-refractivity contribution in [1.82, 2.24) is 0 Å². The Morgan fingerprint density at radius 3 is 2.36 bits per heavy atom. The third-order valence-electron chi connectivity index (χ3n) is 2.88. The van der Waals surface area contributed by atoms with Crippen LogP contribution in [0.3, 0.4) is 0 Å². The molecular formula is C18H22O4. The fraction of sp³-hybridized carbons (Fsp3) is 0.333. The molecule has 1 aromatic carbocycles. The second-order valence-electron chi connectivity index (χ2n) is 4.87. The van der Waals surface area contributed by atoms with Crippen LogP contribution in [0.5, 0.6) is 0 Å². The molecule has 22 heavy (non-hydrogen) atoms. The molecule has 1 rings (SSSR count). The highest BCUT2D eigenvalue weighted by Gasteiger charge is 2.15. The van der Waals surface area contributed by atoms with Gasteiger partial charge < -0.3 is 9.47 Å². The van der Waals surface area contributed by atoms with Crippen LogP contribution in [0.2, 0.25) is 0 Å². The number of allylic oxidation sites excluding steroid dienone is 2. The molecule has 0 aliphatic carbocycles. The summed E-state index contributed by atoms with van der Waals surface area (Å²) in [5.41, 5.74) is 1.85. The van der Waals surface area contributed by atoms with Crippen LogP contribution in [-0.2, 0) is 19.1 Å². The lowest BCUT2D eigenvalue weighted by atomic mass is 10.0. The summed E-state index contributed by atoms with van der Waals surface area (Å²) in [7, 11) is 0. The van der Waals surface area contributed by atoms with E-state index in [1.807, 2.05) is 55.5 Å². The molecule has 0 spiro atoms. The van der Waals surface area contributed by atoms with E-state index >= 15 is 0 Å². The maximum Gasteiger partial charge on any atom is 0.303 e. The Morgan fingerprint density at radius 1 is 1.09 bits per heavy atom. The Kier molecular flexibility index (Phi) is 7.68. The fourth-order valence-electron chi connectivity index (χ4n) is 1.89. The summed E-state index contributed by atoms with van der Waals surface area (Å²) < 4.78 is 10.2. The molecule has 0 heterocycles. The lowest BCUT2D eigenvalue weighted by Gasteiger charge is -2.18. The van der Waals surface area contributed by atoms with E-state index in [0.29, 0.717) is 13.0 Å². The predicted molar refractivity (Wildman–Crippen MR) is 85.1 cm³/mol. The summed E-state index contributed by atoms with van der Waals surface area (Å²) in [4.78, 5) is 21.9. The van der Waals surface area contributed by atoms with Crippen LogP contribution in [0, 0.1) is 0 Å². The highest BCUT2D eigenvalue weighted by molar-refractivity contribution is 5.67. The van der Waals surface area contributed by atoms with Crippen molar-refractivity contribution in [1.29, 1.82) is 0 Å². The van der Waals surface area contributed by atoms with E-state index in [9.17, 15) is 9.59 Å². The van der Waals surface area contributed by atoms with Crippen molar-refractivity contribution in [3.05, 3.63) is 59.7 Å². The Morgan fingerprint density at radius 2 is 1.77 bits per heavy atom. The molecule has 1 atom stereocenters. The van der Waals surface area contributed by atoms with Crippen LogP contribution in [0.4, 0.5) is 0 Å². The molecule has 0 bridgehead atoms. The molecule has 0 aromatic heterocycles. The van der Waals surface area contributed by atoms with Crippen LogP contribution in [0.1, 0.15) is 38.9 Å². The van der Waals surface area contributed by atoms with Gasteiger partial charge in [-0.05, 0) is 24.5 Å². The monoisotopic (exact) mass is 302 g/mol. The summed E-state index contributed by atoms with van der Waals surface area (Å²) in [5, 5.41) is 0. The molecule has 1 aromatic rings. The molecule has 1 unspecified atom stereocenters. The van der Waals surface area contributed by atoms with Crippen LogP contribution in [0.25, 0.3) is 0 Å². The first kappa shape index (κ1) is 17.7. The van der Waals surface area contributed by atoms with Gasteiger partial charge in [-0.15, -0.1) is 0 Å². The minimum absolute atomic E-state index is 0.279. The van der Waals surface area contributed by atoms with Crippen molar-refractivity contribution in [2.24, 2.45) is 0 Å². The molecule has 0 saturated heterocycles. The van der Waals surface area contributed by atoms with Gasteiger partial charge in [0.15, 0.2) is 0 Å². The van der Waals surface area contributed by atoms with Gasteiger partial charge in [0, 0.05) is 13.8 Å². The molecule has 0 radical (unpaired) electrons. The number of carbonyl (C=O) groups is 2. The van der Waals surface area contributed by atoms with E-state index in [4.69, 9.17) is 9.47 Å². The first-order valence-electron chi connectivity index (χ1n) is 7.19. The molecule has 0 amide bonds. The lowest BCUT2D eigenvalue weighted by molar-refractivity contribution is -0.145. The third kappa shape index (κ3) is 6.88. The summed E-state index contributed by atoms with van der Waals surface area (Å²) in [6, 6.07) is 9.59. The Hall–Kier alpha value is -2.36. The first-order chi connectivity index (χ1) is 10.5. The molecule has 0 fully saturated rings. The number of hydrogen-bond acceptors (Lipinski definition) is 4. The van der Waals surface area contributed by atoms with E-state index < -0.39 is 6.10 Å². The first-order valence-corrected chi connectivity index (χ1v) is 7.19. The zero-order chi connectivity index (χ0) is 16.4. The van der Waals surface area contributed by atoms with Gasteiger partial charge in [-0.2, -0.15) is 0 Å². The van der Waals surface area contributed by atoms with Gasteiger partial charge >= 0.3 is 11.9 Å². The molecule has 4 heteroatoms. The SMILES string of the molecule is CC(=O)OCC/C=C/C=C(\C)C(OC(C)=O)c1ccccc1.